The van der Waals surface area contributed by atoms with Crippen LogP contribution in [0.5, 0.6) is 0 Å². The number of hydrogen-bond donors (Lipinski definition) is 3. The van der Waals surface area contributed by atoms with Gasteiger partial charge in [-0.25, -0.2) is 18.9 Å². The predicted molar refractivity (Wildman–Crippen MR) is 92.9 cm³/mol. The minimum atomic E-state index is -5.08. The van der Waals surface area contributed by atoms with Crippen molar-refractivity contribution in [1.29, 1.82) is 0 Å². The second-order valence-corrected chi connectivity index (χ2v) is 5.59. The van der Waals surface area contributed by atoms with E-state index in [1.807, 2.05) is 0 Å². The van der Waals surface area contributed by atoms with E-state index in [2.05, 4.69) is 20.7 Å². The van der Waals surface area contributed by atoms with Gasteiger partial charge in [-0.2, -0.15) is 18.3 Å². The standard InChI is InChI=1S/C13H13ClFN5O2.C2HF3O2/c1-8(20-7-16-6-17-20)12(21)18-9-2-4-10(5-3-9)19-13(22)11(14)15;3-2(4,5)1(6)7/h2-8,11H,1H3,(H,18,21)(H,19,22);(H,6,7). The number of anilines is 2. The molecule has 2 rings (SSSR count). The maximum atomic E-state index is 12.5. The Morgan fingerprint density at radius 2 is 1.55 bits per heavy atom. The van der Waals surface area contributed by atoms with Gasteiger partial charge in [-0.05, 0) is 31.2 Å². The molecule has 9 nitrogen and oxygen atoms in total. The first kappa shape index (κ1) is 23.8. The molecule has 3 N–H and O–H groups in total. The van der Waals surface area contributed by atoms with Gasteiger partial charge in [-0.15, -0.1) is 0 Å². The molecule has 158 valence electrons. The van der Waals surface area contributed by atoms with Gasteiger partial charge in [0.2, 0.25) is 5.91 Å². The Balaban J connectivity index is 0.000000516. The van der Waals surface area contributed by atoms with Gasteiger partial charge in [0.25, 0.3) is 11.5 Å². The molecule has 0 aliphatic carbocycles. The highest BCUT2D eigenvalue weighted by molar-refractivity contribution is 6.31. The molecule has 29 heavy (non-hydrogen) atoms. The van der Waals surface area contributed by atoms with Crippen LogP contribution in [0, 0.1) is 0 Å². The normalized spacial score (nSPS) is 12.8. The number of hydrogen-bond acceptors (Lipinski definition) is 5. The molecule has 14 heteroatoms. The van der Waals surface area contributed by atoms with Crippen molar-refractivity contribution < 1.29 is 37.1 Å². The van der Waals surface area contributed by atoms with Crippen LogP contribution in [-0.4, -0.2) is 49.5 Å². The fraction of sp³-hybridized carbons (Fsp3) is 0.267. The van der Waals surface area contributed by atoms with Crippen LogP contribution in [0.3, 0.4) is 0 Å². The molecule has 0 aliphatic heterocycles. The number of aromatic nitrogens is 3. The summed E-state index contributed by atoms with van der Waals surface area (Å²) in [4.78, 5) is 35.8. The van der Waals surface area contributed by atoms with Crippen LogP contribution >= 0.6 is 11.6 Å². The Morgan fingerprint density at radius 3 is 1.90 bits per heavy atom. The van der Waals surface area contributed by atoms with E-state index in [9.17, 15) is 27.2 Å². The van der Waals surface area contributed by atoms with Crippen LogP contribution in [0.25, 0.3) is 0 Å². The van der Waals surface area contributed by atoms with Crippen LogP contribution in [0.1, 0.15) is 13.0 Å². The van der Waals surface area contributed by atoms with Crippen molar-refractivity contribution in [2.45, 2.75) is 24.8 Å². The van der Waals surface area contributed by atoms with E-state index in [1.165, 1.54) is 29.5 Å². The highest BCUT2D eigenvalue weighted by Gasteiger charge is 2.38. The van der Waals surface area contributed by atoms with Gasteiger partial charge >= 0.3 is 12.1 Å². The van der Waals surface area contributed by atoms with Crippen LogP contribution in [0.2, 0.25) is 0 Å². The van der Waals surface area contributed by atoms with Crippen molar-refractivity contribution in [3.8, 4) is 0 Å². The third-order valence-corrected chi connectivity index (χ3v) is 3.27. The Hall–Kier alpha value is -3.22. The lowest BCUT2D eigenvalue weighted by atomic mass is 10.2. The zero-order valence-corrected chi connectivity index (χ0v) is 15.3. The first-order chi connectivity index (χ1) is 13.4. The number of benzene rings is 1. The maximum absolute atomic E-state index is 12.5. The van der Waals surface area contributed by atoms with E-state index < -0.39 is 29.7 Å². The molecule has 0 saturated heterocycles. The predicted octanol–water partition coefficient (Wildman–Crippen LogP) is 2.58. The second kappa shape index (κ2) is 10.4. The zero-order chi connectivity index (χ0) is 22.2. The lowest BCUT2D eigenvalue weighted by Gasteiger charge is -2.12. The first-order valence-corrected chi connectivity index (χ1v) is 7.99. The summed E-state index contributed by atoms with van der Waals surface area (Å²) in [5.41, 5.74) is -1.21. The summed E-state index contributed by atoms with van der Waals surface area (Å²) >= 11 is 5.01. The molecule has 0 spiro atoms. The molecular weight excluding hydrogens is 426 g/mol. The number of nitrogens with one attached hydrogen (secondary N) is 2. The van der Waals surface area contributed by atoms with Gasteiger partial charge in [0.15, 0.2) is 0 Å². The number of halogens is 5. The quantitative estimate of drug-likeness (QED) is 0.485. The van der Waals surface area contributed by atoms with Crippen LogP contribution in [0.15, 0.2) is 36.9 Å². The number of carboxylic acids is 1. The lowest BCUT2D eigenvalue weighted by molar-refractivity contribution is -0.192. The summed E-state index contributed by atoms with van der Waals surface area (Å²) in [5, 5.41) is 16.0. The number of amides is 2. The molecule has 0 bridgehead atoms. The van der Waals surface area contributed by atoms with Crippen LogP contribution < -0.4 is 10.6 Å². The van der Waals surface area contributed by atoms with Gasteiger partial charge in [0.05, 0.1) is 0 Å². The number of carboxylic acid groups (broad SMARTS) is 1. The van der Waals surface area contributed by atoms with E-state index in [-0.39, 0.29) is 5.91 Å². The minimum Gasteiger partial charge on any atom is -0.475 e. The Labute approximate surface area is 165 Å². The molecule has 2 unspecified atom stereocenters. The van der Waals surface area contributed by atoms with E-state index in [0.717, 1.165) is 0 Å². The van der Waals surface area contributed by atoms with Gasteiger partial charge in [0.1, 0.15) is 18.7 Å². The molecule has 1 heterocycles. The lowest BCUT2D eigenvalue weighted by Crippen LogP contribution is -2.24. The fourth-order valence-electron chi connectivity index (χ4n) is 1.62. The van der Waals surface area contributed by atoms with Gasteiger partial charge < -0.3 is 15.7 Å². The summed E-state index contributed by atoms with van der Waals surface area (Å²) in [5.74, 6) is -3.97. The van der Waals surface area contributed by atoms with E-state index >= 15 is 0 Å². The molecule has 2 amide bonds. The minimum absolute atomic E-state index is 0.271. The van der Waals surface area contributed by atoms with Gasteiger partial charge in [-0.3, -0.25) is 9.59 Å². The highest BCUT2D eigenvalue weighted by atomic mass is 35.5. The number of aliphatic carboxylic acids is 1. The molecule has 1 aromatic carbocycles. The Morgan fingerprint density at radius 1 is 1.10 bits per heavy atom. The monoisotopic (exact) mass is 439 g/mol. The van der Waals surface area contributed by atoms with Crippen LogP contribution in [-0.2, 0) is 14.4 Å². The summed E-state index contributed by atoms with van der Waals surface area (Å²) in [6.07, 6.45) is -2.29. The molecule has 0 saturated carbocycles. The van der Waals surface area contributed by atoms with Crippen molar-refractivity contribution in [3.05, 3.63) is 36.9 Å². The molecule has 2 aromatic rings. The van der Waals surface area contributed by atoms with Gasteiger partial charge in [-0.1, -0.05) is 11.6 Å². The molecular formula is C15H14ClF4N5O4. The molecule has 0 radical (unpaired) electrons. The number of carbonyl (C=O) groups is 3. The van der Waals surface area contributed by atoms with Crippen molar-refractivity contribution in [3.63, 3.8) is 0 Å². The number of nitrogens with zero attached hydrogens (tertiary/aromatic N) is 3. The van der Waals surface area contributed by atoms with Crippen molar-refractivity contribution in [1.82, 2.24) is 14.8 Å². The van der Waals surface area contributed by atoms with E-state index in [0.29, 0.717) is 11.4 Å². The largest absolute Gasteiger partial charge is 0.490 e. The van der Waals surface area contributed by atoms with Crippen molar-refractivity contribution >= 4 is 40.8 Å². The summed E-state index contributed by atoms with van der Waals surface area (Å²) in [7, 11) is 0. The molecule has 2 atom stereocenters. The third-order valence-electron chi connectivity index (χ3n) is 3.07. The average Bonchev–Trinajstić information content (AvgIpc) is 3.16. The summed E-state index contributed by atoms with van der Waals surface area (Å²) < 4.78 is 45.7. The van der Waals surface area contributed by atoms with Crippen molar-refractivity contribution in [2.75, 3.05) is 10.6 Å². The van der Waals surface area contributed by atoms with Crippen molar-refractivity contribution in [2.24, 2.45) is 0 Å². The smallest absolute Gasteiger partial charge is 0.475 e. The molecule has 0 fully saturated rings. The van der Waals surface area contributed by atoms with E-state index in [4.69, 9.17) is 21.5 Å². The summed E-state index contributed by atoms with van der Waals surface area (Å²) in [6.45, 7) is 1.68. The Bertz CT molecular complexity index is 828. The maximum Gasteiger partial charge on any atom is 0.490 e. The number of alkyl halides is 5. The average molecular weight is 440 g/mol. The SMILES string of the molecule is CC(C(=O)Nc1ccc(NC(=O)C(F)Cl)cc1)n1cncn1.O=C(O)C(F)(F)F. The first-order valence-electron chi connectivity index (χ1n) is 7.56. The third kappa shape index (κ3) is 8.13. The molecule has 0 aliphatic rings. The molecule has 1 aromatic heterocycles. The topological polar surface area (TPSA) is 126 Å². The van der Waals surface area contributed by atoms with Crippen LogP contribution in [0.4, 0.5) is 28.9 Å². The Kier molecular flexibility index (Phi) is 8.51. The summed E-state index contributed by atoms with van der Waals surface area (Å²) in [6, 6.07) is 5.66. The number of carbonyl (C=O) groups excluding carboxylic acids is 2. The fourth-order valence-corrected chi connectivity index (χ4v) is 1.67. The van der Waals surface area contributed by atoms with E-state index in [1.54, 1.807) is 19.1 Å². The highest BCUT2D eigenvalue weighted by Crippen LogP contribution is 2.16. The zero-order valence-electron chi connectivity index (χ0n) is 14.5. The number of rotatable bonds is 5. The van der Waals surface area contributed by atoms with Gasteiger partial charge in [0, 0.05) is 11.4 Å². The second-order valence-electron chi connectivity index (χ2n) is 5.21.